The molecule has 0 aliphatic carbocycles. The fourth-order valence-corrected chi connectivity index (χ4v) is 0.888. The minimum atomic E-state index is -0.874. The Balaban J connectivity index is 4.14. The highest BCUT2D eigenvalue weighted by Gasteiger charge is 2.20. The summed E-state index contributed by atoms with van der Waals surface area (Å²) in [6, 6.07) is 0. The highest BCUT2D eigenvalue weighted by atomic mass is 16.6. The third-order valence-corrected chi connectivity index (χ3v) is 1.46. The van der Waals surface area contributed by atoms with Crippen LogP contribution >= 0.6 is 0 Å². The summed E-state index contributed by atoms with van der Waals surface area (Å²) in [5.41, 5.74) is -0.637. The lowest BCUT2D eigenvalue weighted by molar-refractivity contribution is -0.162. The van der Waals surface area contributed by atoms with Crippen molar-refractivity contribution in [2.75, 3.05) is 6.61 Å². The van der Waals surface area contributed by atoms with Crippen molar-refractivity contribution < 1.29 is 19.1 Å². The second kappa shape index (κ2) is 5.96. The van der Waals surface area contributed by atoms with Crippen molar-refractivity contribution >= 4 is 11.9 Å². The second-order valence-corrected chi connectivity index (χ2v) is 3.72. The summed E-state index contributed by atoms with van der Waals surface area (Å²) in [4.78, 5) is 22.2. The number of ether oxygens (including phenoxy) is 2. The standard InChI is InChI=1S/C12H16O4/c1-6-7-12(4,5)16-10(13)8-15-11(14)9(2)3/h2,8H2,1,3-5H3. The van der Waals surface area contributed by atoms with Crippen LogP contribution in [-0.2, 0) is 19.1 Å². The molecule has 0 unspecified atom stereocenters. The molecule has 4 heteroatoms. The van der Waals surface area contributed by atoms with Gasteiger partial charge in [0.05, 0.1) is 0 Å². The Labute approximate surface area is 95.6 Å². The molecule has 0 rings (SSSR count). The molecular weight excluding hydrogens is 208 g/mol. The van der Waals surface area contributed by atoms with E-state index >= 15 is 0 Å². The van der Waals surface area contributed by atoms with Crippen molar-refractivity contribution in [1.29, 1.82) is 0 Å². The van der Waals surface area contributed by atoms with E-state index in [4.69, 9.17) is 4.74 Å². The van der Waals surface area contributed by atoms with Crippen LogP contribution in [0.25, 0.3) is 0 Å². The maximum atomic E-state index is 11.3. The number of hydrogen-bond donors (Lipinski definition) is 0. The quantitative estimate of drug-likeness (QED) is 0.412. The monoisotopic (exact) mass is 224 g/mol. The molecule has 0 spiro atoms. The van der Waals surface area contributed by atoms with E-state index in [1.807, 2.05) is 0 Å². The van der Waals surface area contributed by atoms with Gasteiger partial charge in [0.1, 0.15) is 0 Å². The van der Waals surface area contributed by atoms with E-state index in [0.717, 1.165) is 0 Å². The first-order chi connectivity index (χ1) is 7.28. The molecule has 0 atom stereocenters. The van der Waals surface area contributed by atoms with E-state index in [9.17, 15) is 9.59 Å². The Kier molecular flexibility index (Phi) is 5.31. The van der Waals surface area contributed by atoms with E-state index in [2.05, 4.69) is 23.2 Å². The fraction of sp³-hybridized carbons (Fsp3) is 0.500. The maximum absolute atomic E-state index is 11.3. The minimum absolute atomic E-state index is 0.236. The van der Waals surface area contributed by atoms with Crippen LogP contribution in [0.1, 0.15) is 27.7 Å². The zero-order valence-electron chi connectivity index (χ0n) is 10.0. The molecule has 0 aliphatic rings. The molecule has 16 heavy (non-hydrogen) atoms. The zero-order chi connectivity index (χ0) is 12.8. The normalized spacial score (nSPS) is 9.75. The van der Waals surface area contributed by atoms with Gasteiger partial charge in [-0.2, -0.15) is 0 Å². The average Bonchev–Trinajstić information content (AvgIpc) is 2.12. The van der Waals surface area contributed by atoms with Crippen LogP contribution in [0.2, 0.25) is 0 Å². The molecule has 4 nitrogen and oxygen atoms in total. The van der Waals surface area contributed by atoms with E-state index < -0.39 is 24.1 Å². The molecule has 0 amide bonds. The minimum Gasteiger partial charge on any atom is -0.450 e. The topological polar surface area (TPSA) is 52.6 Å². The molecule has 0 saturated carbocycles. The van der Waals surface area contributed by atoms with Crippen molar-refractivity contribution in [3.8, 4) is 11.8 Å². The van der Waals surface area contributed by atoms with Gasteiger partial charge in [0.15, 0.2) is 12.2 Å². The molecule has 0 aromatic rings. The highest BCUT2D eigenvalue weighted by Crippen LogP contribution is 2.07. The Morgan fingerprint density at radius 1 is 1.38 bits per heavy atom. The molecular formula is C12H16O4. The fourth-order valence-electron chi connectivity index (χ4n) is 0.888. The van der Waals surface area contributed by atoms with E-state index in [1.54, 1.807) is 20.8 Å². The summed E-state index contributed by atoms with van der Waals surface area (Å²) in [5, 5.41) is 0. The van der Waals surface area contributed by atoms with Crippen LogP contribution in [0.15, 0.2) is 12.2 Å². The lowest BCUT2D eigenvalue weighted by atomic mass is 10.1. The van der Waals surface area contributed by atoms with Gasteiger partial charge in [0.25, 0.3) is 0 Å². The molecule has 0 aromatic carbocycles. The summed E-state index contributed by atoms with van der Waals surface area (Å²) in [7, 11) is 0. The first-order valence-electron chi connectivity index (χ1n) is 4.77. The predicted molar refractivity (Wildman–Crippen MR) is 59.4 cm³/mol. The first kappa shape index (κ1) is 14.2. The number of carbonyl (C=O) groups is 2. The smallest absolute Gasteiger partial charge is 0.345 e. The van der Waals surface area contributed by atoms with Gasteiger partial charge in [-0.15, -0.1) is 5.92 Å². The Morgan fingerprint density at radius 3 is 2.38 bits per heavy atom. The number of rotatable bonds is 4. The third kappa shape index (κ3) is 5.86. The van der Waals surface area contributed by atoms with Gasteiger partial charge < -0.3 is 9.47 Å². The van der Waals surface area contributed by atoms with Gasteiger partial charge >= 0.3 is 11.9 Å². The molecule has 0 heterocycles. The van der Waals surface area contributed by atoms with E-state index in [0.29, 0.717) is 0 Å². The Hall–Kier alpha value is -1.76. The van der Waals surface area contributed by atoms with Gasteiger partial charge in [-0.3, -0.25) is 0 Å². The van der Waals surface area contributed by atoms with Crippen molar-refractivity contribution in [2.45, 2.75) is 33.3 Å². The lowest BCUT2D eigenvalue weighted by Crippen LogP contribution is -2.29. The van der Waals surface area contributed by atoms with Crippen molar-refractivity contribution in [1.82, 2.24) is 0 Å². The summed E-state index contributed by atoms with van der Waals surface area (Å²) >= 11 is 0. The van der Waals surface area contributed by atoms with Crippen LogP contribution in [0.4, 0.5) is 0 Å². The van der Waals surface area contributed by atoms with Crippen LogP contribution < -0.4 is 0 Å². The lowest BCUT2D eigenvalue weighted by Gasteiger charge is -2.18. The van der Waals surface area contributed by atoms with Crippen molar-refractivity contribution in [2.24, 2.45) is 0 Å². The molecule has 0 aliphatic heterocycles. The molecule has 0 saturated heterocycles. The molecule has 88 valence electrons. The summed E-state index contributed by atoms with van der Waals surface area (Å²) in [5.74, 6) is 4.11. The molecule has 0 bridgehead atoms. The summed E-state index contributed by atoms with van der Waals surface area (Å²) < 4.78 is 9.62. The average molecular weight is 224 g/mol. The first-order valence-corrected chi connectivity index (χ1v) is 4.77. The van der Waals surface area contributed by atoms with Crippen LogP contribution in [-0.4, -0.2) is 24.1 Å². The van der Waals surface area contributed by atoms with Gasteiger partial charge in [-0.05, 0) is 27.7 Å². The SMILES string of the molecule is C=C(C)C(=O)OCC(=O)OC(C)(C)C#CC. The molecule has 0 radical (unpaired) electrons. The summed E-state index contributed by atoms with van der Waals surface area (Å²) in [6.45, 7) is 9.42. The molecule has 0 fully saturated rings. The number of hydrogen-bond acceptors (Lipinski definition) is 4. The molecule has 0 aromatic heterocycles. The van der Waals surface area contributed by atoms with Crippen LogP contribution in [0.3, 0.4) is 0 Å². The predicted octanol–water partition coefficient (Wildman–Crippen LogP) is 1.45. The van der Waals surface area contributed by atoms with Crippen molar-refractivity contribution in [3.63, 3.8) is 0 Å². The zero-order valence-corrected chi connectivity index (χ0v) is 10.0. The van der Waals surface area contributed by atoms with E-state index in [-0.39, 0.29) is 5.57 Å². The summed E-state index contributed by atoms with van der Waals surface area (Å²) in [6.07, 6.45) is 0. The van der Waals surface area contributed by atoms with Gasteiger partial charge in [0, 0.05) is 5.57 Å². The molecule has 0 N–H and O–H groups in total. The Bertz CT molecular complexity index is 355. The highest BCUT2D eigenvalue weighted by molar-refractivity contribution is 5.88. The van der Waals surface area contributed by atoms with Gasteiger partial charge in [-0.25, -0.2) is 9.59 Å². The van der Waals surface area contributed by atoms with Gasteiger partial charge in [0.2, 0.25) is 0 Å². The van der Waals surface area contributed by atoms with Crippen LogP contribution in [0, 0.1) is 11.8 Å². The number of carbonyl (C=O) groups excluding carboxylic acids is 2. The largest absolute Gasteiger partial charge is 0.450 e. The maximum Gasteiger partial charge on any atom is 0.345 e. The van der Waals surface area contributed by atoms with E-state index in [1.165, 1.54) is 6.92 Å². The van der Waals surface area contributed by atoms with Crippen molar-refractivity contribution in [3.05, 3.63) is 12.2 Å². The second-order valence-electron chi connectivity index (χ2n) is 3.72. The number of esters is 2. The van der Waals surface area contributed by atoms with Gasteiger partial charge in [-0.1, -0.05) is 12.5 Å². The van der Waals surface area contributed by atoms with Crippen LogP contribution in [0.5, 0.6) is 0 Å². The third-order valence-electron chi connectivity index (χ3n) is 1.46. The Morgan fingerprint density at radius 2 is 1.94 bits per heavy atom.